The van der Waals surface area contributed by atoms with Crippen LogP contribution in [0.15, 0.2) is 42.6 Å². The summed E-state index contributed by atoms with van der Waals surface area (Å²) in [7, 11) is 0. The Morgan fingerprint density at radius 3 is 2.58 bits per heavy atom. The minimum Gasteiger partial charge on any atom is -0.322 e. The first kappa shape index (κ1) is 11.2. The lowest BCUT2D eigenvalue weighted by Crippen LogP contribution is -2.19. The molecule has 3 nitrogen and oxygen atoms in total. The Kier molecular flexibility index (Phi) is 2.49. The molecule has 0 spiro atoms. The van der Waals surface area contributed by atoms with E-state index in [-0.39, 0.29) is 6.04 Å². The van der Waals surface area contributed by atoms with Crippen LogP contribution in [0.4, 0.5) is 0 Å². The van der Waals surface area contributed by atoms with E-state index in [1.807, 2.05) is 29.1 Å². The van der Waals surface area contributed by atoms with Crippen molar-refractivity contribution in [1.29, 1.82) is 0 Å². The number of para-hydroxylation sites is 1. The minimum absolute atomic E-state index is 0.137. The van der Waals surface area contributed by atoms with Gasteiger partial charge in [0.1, 0.15) is 0 Å². The van der Waals surface area contributed by atoms with Gasteiger partial charge >= 0.3 is 0 Å². The topological polar surface area (TPSA) is 43.8 Å². The predicted molar refractivity (Wildman–Crippen MR) is 74.8 cm³/mol. The number of nitrogens with zero attached hydrogens (tertiary/aromatic N) is 2. The van der Waals surface area contributed by atoms with Gasteiger partial charge in [-0.15, -0.1) is 0 Å². The molecule has 4 rings (SSSR count). The van der Waals surface area contributed by atoms with E-state index in [0.717, 1.165) is 23.2 Å². The summed E-state index contributed by atoms with van der Waals surface area (Å²) in [4.78, 5) is 0. The van der Waals surface area contributed by atoms with Crippen LogP contribution >= 0.6 is 0 Å². The third-order valence-electron chi connectivity index (χ3n) is 4.90. The Morgan fingerprint density at radius 1 is 1.11 bits per heavy atom. The lowest BCUT2D eigenvalue weighted by molar-refractivity contribution is 0.484. The van der Waals surface area contributed by atoms with E-state index >= 15 is 0 Å². The molecule has 2 aliphatic rings. The zero-order valence-corrected chi connectivity index (χ0v) is 10.9. The maximum atomic E-state index is 6.51. The Bertz CT molecular complexity index is 565. The summed E-state index contributed by atoms with van der Waals surface area (Å²) >= 11 is 0. The number of benzene rings is 1. The van der Waals surface area contributed by atoms with Crippen molar-refractivity contribution in [2.75, 3.05) is 0 Å². The first-order valence-corrected chi connectivity index (χ1v) is 7.21. The van der Waals surface area contributed by atoms with Gasteiger partial charge in [0, 0.05) is 6.20 Å². The van der Waals surface area contributed by atoms with Crippen LogP contribution in [0.2, 0.25) is 0 Å². The number of nitrogens with two attached hydrogens (primary N) is 1. The van der Waals surface area contributed by atoms with Gasteiger partial charge < -0.3 is 5.73 Å². The molecule has 0 amide bonds. The fraction of sp³-hybridized carbons (Fsp3) is 0.438. The molecule has 2 aliphatic carbocycles. The van der Waals surface area contributed by atoms with Gasteiger partial charge in [-0.1, -0.05) is 24.6 Å². The van der Waals surface area contributed by atoms with E-state index in [9.17, 15) is 0 Å². The van der Waals surface area contributed by atoms with E-state index in [2.05, 4.69) is 23.3 Å². The van der Waals surface area contributed by atoms with Crippen LogP contribution in [-0.2, 0) is 0 Å². The summed E-state index contributed by atoms with van der Waals surface area (Å²) in [6.07, 6.45) is 6.02. The largest absolute Gasteiger partial charge is 0.322 e. The molecule has 2 fully saturated rings. The van der Waals surface area contributed by atoms with E-state index in [4.69, 9.17) is 5.73 Å². The van der Waals surface area contributed by atoms with Crippen LogP contribution in [0.5, 0.6) is 0 Å². The van der Waals surface area contributed by atoms with Crippen molar-refractivity contribution in [3.8, 4) is 5.69 Å². The van der Waals surface area contributed by atoms with Gasteiger partial charge in [-0.3, -0.25) is 0 Å². The van der Waals surface area contributed by atoms with Crippen LogP contribution in [-0.4, -0.2) is 9.78 Å². The summed E-state index contributed by atoms with van der Waals surface area (Å²) in [5.41, 5.74) is 8.77. The molecule has 1 heterocycles. The zero-order valence-electron chi connectivity index (χ0n) is 10.9. The Morgan fingerprint density at radius 2 is 1.84 bits per heavy atom. The SMILES string of the molecule is NC(c1ccnn1-c1ccccc1)C1C2CCCC21. The van der Waals surface area contributed by atoms with Gasteiger partial charge in [-0.2, -0.15) is 5.10 Å². The Hall–Kier alpha value is -1.61. The molecule has 98 valence electrons. The maximum Gasteiger partial charge on any atom is 0.0649 e. The third kappa shape index (κ3) is 1.72. The molecule has 1 aromatic carbocycles. The highest BCUT2D eigenvalue weighted by Crippen LogP contribution is 2.61. The fourth-order valence-electron chi connectivity index (χ4n) is 3.96. The maximum absolute atomic E-state index is 6.51. The van der Waals surface area contributed by atoms with Crippen LogP contribution in [0.3, 0.4) is 0 Å². The van der Waals surface area contributed by atoms with E-state index in [1.165, 1.54) is 19.3 Å². The number of hydrogen-bond donors (Lipinski definition) is 1. The average Bonchev–Trinajstić information content (AvgIpc) is 2.89. The number of hydrogen-bond acceptors (Lipinski definition) is 2. The third-order valence-corrected chi connectivity index (χ3v) is 4.90. The van der Waals surface area contributed by atoms with Crippen molar-refractivity contribution < 1.29 is 0 Å². The average molecular weight is 253 g/mol. The summed E-state index contributed by atoms with van der Waals surface area (Å²) < 4.78 is 2.00. The number of fused-ring (bicyclic) bond motifs is 1. The fourth-order valence-corrected chi connectivity index (χ4v) is 3.96. The zero-order chi connectivity index (χ0) is 12.8. The standard InChI is InChI=1S/C16H19N3/c17-16(15-12-7-4-8-13(12)15)14-9-10-18-19(14)11-5-2-1-3-6-11/h1-3,5-6,9-10,12-13,15-16H,4,7-8,17H2. The molecular formula is C16H19N3. The van der Waals surface area contributed by atoms with Gasteiger partial charge in [0.25, 0.3) is 0 Å². The van der Waals surface area contributed by atoms with Crippen molar-refractivity contribution >= 4 is 0 Å². The van der Waals surface area contributed by atoms with E-state index in [0.29, 0.717) is 5.92 Å². The molecule has 2 aromatic rings. The van der Waals surface area contributed by atoms with Gasteiger partial charge in [0.05, 0.1) is 17.4 Å². The molecule has 1 aromatic heterocycles. The second-order valence-corrected chi connectivity index (χ2v) is 5.87. The summed E-state index contributed by atoms with van der Waals surface area (Å²) in [5, 5.41) is 4.45. The van der Waals surface area contributed by atoms with Gasteiger partial charge in [0.2, 0.25) is 0 Å². The molecule has 3 heteroatoms. The number of rotatable bonds is 3. The highest BCUT2D eigenvalue weighted by Gasteiger charge is 2.55. The smallest absolute Gasteiger partial charge is 0.0649 e. The molecule has 3 unspecified atom stereocenters. The highest BCUT2D eigenvalue weighted by atomic mass is 15.3. The normalized spacial score (nSPS) is 30.1. The summed E-state index contributed by atoms with van der Waals surface area (Å²) in [6.45, 7) is 0. The van der Waals surface area contributed by atoms with Gasteiger partial charge in [-0.05, 0) is 48.8 Å². The first-order valence-electron chi connectivity index (χ1n) is 7.21. The second-order valence-electron chi connectivity index (χ2n) is 5.87. The van der Waals surface area contributed by atoms with Crippen LogP contribution in [0.25, 0.3) is 5.69 Å². The Balaban J connectivity index is 1.64. The van der Waals surface area contributed by atoms with Gasteiger partial charge in [0.15, 0.2) is 0 Å². The monoisotopic (exact) mass is 253 g/mol. The minimum atomic E-state index is 0.137. The van der Waals surface area contributed by atoms with E-state index < -0.39 is 0 Å². The van der Waals surface area contributed by atoms with Crippen molar-refractivity contribution in [2.45, 2.75) is 25.3 Å². The lowest BCUT2D eigenvalue weighted by Gasteiger charge is -2.16. The van der Waals surface area contributed by atoms with E-state index in [1.54, 1.807) is 0 Å². The van der Waals surface area contributed by atoms with Crippen molar-refractivity contribution in [2.24, 2.45) is 23.5 Å². The summed E-state index contributed by atoms with van der Waals surface area (Å²) in [5.74, 6) is 2.45. The quantitative estimate of drug-likeness (QED) is 0.914. The molecule has 0 radical (unpaired) electrons. The van der Waals surface area contributed by atoms with Crippen molar-refractivity contribution in [3.05, 3.63) is 48.3 Å². The highest BCUT2D eigenvalue weighted by molar-refractivity contribution is 5.33. The van der Waals surface area contributed by atoms with Crippen molar-refractivity contribution in [3.63, 3.8) is 0 Å². The van der Waals surface area contributed by atoms with Crippen LogP contribution < -0.4 is 5.73 Å². The first-order chi connectivity index (χ1) is 9.36. The molecule has 2 N–H and O–H groups in total. The molecular weight excluding hydrogens is 234 g/mol. The second kappa shape index (κ2) is 4.20. The molecule has 3 atom stereocenters. The number of aromatic nitrogens is 2. The van der Waals surface area contributed by atoms with Gasteiger partial charge in [-0.25, -0.2) is 4.68 Å². The molecule has 2 saturated carbocycles. The lowest BCUT2D eigenvalue weighted by atomic mass is 10.0. The van der Waals surface area contributed by atoms with Crippen molar-refractivity contribution in [1.82, 2.24) is 9.78 Å². The molecule has 0 bridgehead atoms. The molecule has 0 saturated heterocycles. The Labute approximate surface area is 113 Å². The van der Waals surface area contributed by atoms with Crippen LogP contribution in [0, 0.1) is 17.8 Å². The molecule has 0 aliphatic heterocycles. The molecule has 19 heavy (non-hydrogen) atoms. The predicted octanol–water partition coefficient (Wildman–Crippen LogP) is 2.92. The van der Waals surface area contributed by atoms with Crippen LogP contribution in [0.1, 0.15) is 31.0 Å². The summed E-state index contributed by atoms with van der Waals surface area (Å²) in [6, 6.07) is 12.5.